The molecule has 110 valence electrons. The smallest absolute Gasteiger partial charge is 0.335 e. The second-order valence-electron chi connectivity index (χ2n) is 4.97. The zero-order valence-electron chi connectivity index (χ0n) is 12.1. The minimum Gasteiger partial charge on any atom is -0.478 e. The zero-order valence-corrected chi connectivity index (χ0v) is 12.1. The van der Waals surface area contributed by atoms with Gasteiger partial charge >= 0.3 is 5.97 Å². The van der Waals surface area contributed by atoms with Crippen LogP contribution in [0.3, 0.4) is 0 Å². The molecule has 1 aromatic heterocycles. The van der Waals surface area contributed by atoms with Crippen molar-refractivity contribution in [1.82, 2.24) is 9.55 Å². The molecule has 0 radical (unpaired) electrons. The fraction of sp³-hybridized carbons (Fsp3) is 0.267. The van der Waals surface area contributed by atoms with E-state index in [4.69, 9.17) is 5.11 Å². The first-order valence-electron chi connectivity index (χ1n) is 6.56. The zero-order chi connectivity index (χ0) is 15.6. The summed E-state index contributed by atoms with van der Waals surface area (Å²) >= 11 is 0. The quantitative estimate of drug-likeness (QED) is 0.933. The van der Waals surface area contributed by atoms with Gasteiger partial charge in [-0.25, -0.2) is 9.78 Å². The third kappa shape index (κ3) is 2.94. The summed E-state index contributed by atoms with van der Waals surface area (Å²) in [5.41, 5.74) is 0.719. The lowest BCUT2D eigenvalue weighted by Gasteiger charge is -2.19. The maximum atomic E-state index is 12.4. The first-order chi connectivity index (χ1) is 9.91. The number of aromatic carboxylic acids is 1. The highest BCUT2D eigenvalue weighted by Gasteiger charge is 2.13. The Morgan fingerprint density at radius 2 is 1.90 bits per heavy atom. The summed E-state index contributed by atoms with van der Waals surface area (Å²) in [6.07, 6.45) is 3.23. The van der Waals surface area contributed by atoms with Gasteiger partial charge in [0.05, 0.1) is 5.56 Å². The Labute approximate surface area is 122 Å². The number of anilines is 2. The van der Waals surface area contributed by atoms with Gasteiger partial charge in [0.1, 0.15) is 0 Å². The highest BCUT2D eigenvalue weighted by Crippen LogP contribution is 2.19. The SMILES string of the molecule is CC(C)n1ccnc(N(C)c2ccc(C(=O)O)cc2)c1=O. The second-order valence-corrected chi connectivity index (χ2v) is 4.97. The molecule has 0 bridgehead atoms. The molecule has 0 amide bonds. The Balaban J connectivity index is 2.40. The van der Waals surface area contributed by atoms with Crippen molar-refractivity contribution in [3.05, 3.63) is 52.6 Å². The van der Waals surface area contributed by atoms with E-state index >= 15 is 0 Å². The number of carboxylic acids is 1. The van der Waals surface area contributed by atoms with Gasteiger partial charge < -0.3 is 14.6 Å². The number of carboxylic acid groups (broad SMARTS) is 1. The van der Waals surface area contributed by atoms with Gasteiger partial charge in [-0.05, 0) is 38.1 Å². The van der Waals surface area contributed by atoms with Crippen molar-refractivity contribution < 1.29 is 9.90 Å². The Kier molecular flexibility index (Phi) is 4.07. The van der Waals surface area contributed by atoms with Crippen LogP contribution in [0.2, 0.25) is 0 Å². The molecule has 6 nitrogen and oxygen atoms in total. The molecule has 0 fully saturated rings. The molecule has 0 saturated carbocycles. The molecule has 2 aromatic rings. The van der Waals surface area contributed by atoms with E-state index < -0.39 is 5.97 Å². The van der Waals surface area contributed by atoms with Crippen LogP contribution in [-0.4, -0.2) is 27.7 Å². The van der Waals surface area contributed by atoms with Crippen molar-refractivity contribution in [2.45, 2.75) is 19.9 Å². The molecular formula is C15H17N3O3. The largest absolute Gasteiger partial charge is 0.478 e. The number of carbonyl (C=O) groups is 1. The monoisotopic (exact) mass is 287 g/mol. The van der Waals surface area contributed by atoms with Gasteiger partial charge in [-0.15, -0.1) is 0 Å². The Morgan fingerprint density at radius 3 is 2.43 bits per heavy atom. The lowest BCUT2D eigenvalue weighted by Crippen LogP contribution is -2.28. The van der Waals surface area contributed by atoms with Gasteiger partial charge in [0, 0.05) is 31.2 Å². The van der Waals surface area contributed by atoms with Crippen LogP contribution >= 0.6 is 0 Å². The molecule has 0 aliphatic rings. The lowest BCUT2D eigenvalue weighted by molar-refractivity contribution is 0.0697. The van der Waals surface area contributed by atoms with E-state index in [1.54, 1.807) is 41.0 Å². The molecule has 6 heteroatoms. The van der Waals surface area contributed by atoms with Crippen LogP contribution in [0, 0.1) is 0 Å². The molecule has 1 heterocycles. The van der Waals surface area contributed by atoms with E-state index in [1.807, 2.05) is 13.8 Å². The highest BCUT2D eigenvalue weighted by atomic mass is 16.4. The molecule has 21 heavy (non-hydrogen) atoms. The van der Waals surface area contributed by atoms with Crippen LogP contribution in [-0.2, 0) is 0 Å². The predicted molar refractivity (Wildman–Crippen MR) is 80.3 cm³/mol. The number of aromatic nitrogens is 2. The van der Waals surface area contributed by atoms with E-state index in [0.717, 1.165) is 0 Å². The number of hydrogen-bond acceptors (Lipinski definition) is 4. The minimum absolute atomic E-state index is 0.0436. The fourth-order valence-corrected chi connectivity index (χ4v) is 2.00. The summed E-state index contributed by atoms with van der Waals surface area (Å²) in [6, 6.07) is 6.34. The number of benzene rings is 1. The van der Waals surface area contributed by atoms with E-state index in [1.165, 1.54) is 12.1 Å². The summed E-state index contributed by atoms with van der Waals surface area (Å²) in [6.45, 7) is 3.85. The molecular weight excluding hydrogens is 270 g/mol. The number of hydrogen-bond donors (Lipinski definition) is 1. The second kappa shape index (κ2) is 5.78. The van der Waals surface area contributed by atoms with E-state index in [2.05, 4.69) is 4.98 Å². The van der Waals surface area contributed by atoms with Crippen LogP contribution in [0.25, 0.3) is 0 Å². The molecule has 0 spiro atoms. The van der Waals surface area contributed by atoms with Crippen molar-refractivity contribution in [3.8, 4) is 0 Å². The lowest BCUT2D eigenvalue weighted by atomic mass is 10.2. The normalized spacial score (nSPS) is 10.7. The molecule has 0 unspecified atom stereocenters. The summed E-state index contributed by atoms with van der Waals surface area (Å²) in [5, 5.41) is 8.89. The van der Waals surface area contributed by atoms with Gasteiger partial charge in [-0.1, -0.05) is 0 Å². The van der Waals surface area contributed by atoms with Gasteiger partial charge in [0.25, 0.3) is 5.56 Å². The average Bonchev–Trinajstić information content (AvgIpc) is 2.46. The van der Waals surface area contributed by atoms with Gasteiger partial charge in [0.2, 0.25) is 0 Å². The van der Waals surface area contributed by atoms with Crippen molar-refractivity contribution in [3.63, 3.8) is 0 Å². The summed E-state index contributed by atoms with van der Waals surface area (Å²) < 4.78 is 1.60. The molecule has 0 aliphatic carbocycles. The molecule has 2 rings (SSSR count). The molecule has 1 N–H and O–H groups in total. The third-order valence-electron chi connectivity index (χ3n) is 3.23. The van der Waals surface area contributed by atoms with Gasteiger partial charge in [0.15, 0.2) is 5.82 Å². The van der Waals surface area contributed by atoms with Crippen molar-refractivity contribution in [2.24, 2.45) is 0 Å². The van der Waals surface area contributed by atoms with Crippen LogP contribution in [0.5, 0.6) is 0 Å². The number of rotatable bonds is 4. The topological polar surface area (TPSA) is 75.4 Å². The van der Waals surface area contributed by atoms with E-state index in [0.29, 0.717) is 11.5 Å². The van der Waals surface area contributed by atoms with Crippen molar-refractivity contribution in [2.75, 3.05) is 11.9 Å². The maximum absolute atomic E-state index is 12.4. The van der Waals surface area contributed by atoms with Crippen LogP contribution in [0.1, 0.15) is 30.2 Å². The molecule has 0 aliphatic heterocycles. The minimum atomic E-state index is -0.982. The molecule has 1 aromatic carbocycles. The van der Waals surface area contributed by atoms with E-state index in [-0.39, 0.29) is 17.2 Å². The van der Waals surface area contributed by atoms with E-state index in [9.17, 15) is 9.59 Å². The molecule has 0 atom stereocenters. The fourth-order valence-electron chi connectivity index (χ4n) is 2.00. The third-order valence-corrected chi connectivity index (χ3v) is 3.23. The van der Waals surface area contributed by atoms with Gasteiger partial charge in [-0.3, -0.25) is 4.79 Å². The standard InChI is InChI=1S/C15H17N3O3/c1-10(2)18-9-8-16-13(14(18)19)17(3)12-6-4-11(5-7-12)15(20)21/h4-10H,1-3H3,(H,20,21). The van der Waals surface area contributed by atoms with Crippen LogP contribution < -0.4 is 10.5 Å². The molecule has 0 saturated heterocycles. The van der Waals surface area contributed by atoms with Gasteiger partial charge in [-0.2, -0.15) is 0 Å². The average molecular weight is 287 g/mol. The van der Waals surface area contributed by atoms with Crippen LogP contribution in [0.4, 0.5) is 11.5 Å². The summed E-state index contributed by atoms with van der Waals surface area (Å²) in [7, 11) is 1.73. The Morgan fingerprint density at radius 1 is 1.29 bits per heavy atom. The Bertz CT molecular complexity index is 705. The first-order valence-corrected chi connectivity index (χ1v) is 6.56. The predicted octanol–water partition coefficient (Wildman–Crippen LogP) is 2.29. The highest BCUT2D eigenvalue weighted by molar-refractivity contribution is 5.88. The number of nitrogens with zero attached hydrogens (tertiary/aromatic N) is 3. The maximum Gasteiger partial charge on any atom is 0.335 e. The Hall–Kier alpha value is -2.63. The first kappa shape index (κ1) is 14.8. The van der Waals surface area contributed by atoms with Crippen molar-refractivity contribution >= 4 is 17.5 Å². The van der Waals surface area contributed by atoms with Crippen molar-refractivity contribution in [1.29, 1.82) is 0 Å². The summed E-state index contributed by atoms with van der Waals surface area (Å²) in [4.78, 5) is 29.0. The van der Waals surface area contributed by atoms with Crippen LogP contribution in [0.15, 0.2) is 41.5 Å². The summed E-state index contributed by atoms with van der Waals surface area (Å²) in [5.74, 6) is -0.682.